The van der Waals surface area contributed by atoms with E-state index < -0.39 is 0 Å². The minimum Gasteiger partial charge on any atom is -0.876 e. The van der Waals surface area contributed by atoms with Crippen molar-refractivity contribution in [2.75, 3.05) is 0 Å². The van der Waals surface area contributed by atoms with Crippen molar-refractivity contribution in [3.63, 3.8) is 0 Å². The van der Waals surface area contributed by atoms with Crippen LogP contribution in [0.25, 0.3) is 0 Å². The van der Waals surface area contributed by atoms with Gasteiger partial charge in [-0.05, 0) is 26.0 Å². The van der Waals surface area contributed by atoms with Gasteiger partial charge < -0.3 is 10.2 Å². The second-order valence-corrected chi connectivity index (χ2v) is 2.73. The van der Waals surface area contributed by atoms with E-state index in [0.717, 1.165) is 12.2 Å². The zero-order valence-corrected chi connectivity index (χ0v) is 10.7. The maximum Gasteiger partial charge on any atom is 2.00 e. The molecule has 4 nitrogen and oxygen atoms in total. The summed E-state index contributed by atoms with van der Waals surface area (Å²) in [4.78, 5) is 20.0. The molecule has 0 saturated heterocycles. The molecule has 0 bridgehead atoms. The van der Waals surface area contributed by atoms with Crippen molar-refractivity contribution < 1.29 is 40.2 Å². The predicted molar refractivity (Wildman–Crippen MR) is 48.9 cm³/mol. The van der Waals surface area contributed by atoms with Gasteiger partial charge in [0.1, 0.15) is 0 Å². The maximum absolute atomic E-state index is 9.98. The van der Waals surface area contributed by atoms with E-state index >= 15 is 0 Å². The van der Waals surface area contributed by atoms with Gasteiger partial charge in [0.25, 0.3) is 0 Å². The van der Waals surface area contributed by atoms with E-state index in [1.807, 2.05) is 0 Å². The van der Waals surface area contributed by atoms with Crippen LogP contribution in [0, 0.1) is 0 Å². The van der Waals surface area contributed by atoms with Crippen molar-refractivity contribution in [2.45, 2.75) is 27.7 Å². The topological polar surface area (TPSA) is 80.3 Å². The second-order valence-electron chi connectivity index (χ2n) is 2.73. The van der Waals surface area contributed by atoms with Crippen LogP contribution < -0.4 is 10.2 Å². The molecule has 0 saturated carbocycles. The molecule has 88 valence electrons. The summed E-state index contributed by atoms with van der Waals surface area (Å²) in [6.07, 6.45) is 2.11. The summed E-state index contributed by atoms with van der Waals surface area (Å²) in [5, 5.41) is 20.0. The molecule has 0 aliphatic carbocycles. The van der Waals surface area contributed by atoms with Crippen molar-refractivity contribution in [1.82, 2.24) is 0 Å². The van der Waals surface area contributed by atoms with Gasteiger partial charge >= 0.3 is 20.4 Å². The SMILES string of the molecule is CC(=O)/C=C(/C)[O-].CC(=O)/C=C(\C)[O-].[Pd+2]. The van der Waals surface area contributed by atoms with Crippen LogP contribution in [-0.4, -0.2) is 11.6 Å². The summed E-state index contributed by atoms with van der Waals surface area (Å²) in [6, 6.07) is 0. The molecule has 0 fully saturated rings. The van der Waals surface area contributed by atoms with E-state index in [0.29, 0.717) is 0 Å². The summed E-state index contributed by atoms with van der Waals surface area (Å²) >= 11 is 0. The number of ketones is 2. The molecule has 0 spiro atoms. The van der Waals surface area contributed by atoms with Gasteiger partial charge in [-0.1, -0.05) is 13.8 Å². The summed E-state index contributed by atoms with van der Waals surface area (Å²) < 4.78 is 0. The van der Waals surface area contributed by atoms with E-state index in [1.54, 1.807) is 0 Å². The number of rotatable bonds is 2. The zero-order valence-electron chi connectivity index (χ0n) is 9.10. The summed E-state index contributed by atoms with van der Waals surface area (Å²) in [7, 11) is 0. The molecule has 0 atom stereocenters. The molecule has 0 aliphatic rings. The molecule has 0 amide bonds. The summed E-state index contributed by atoms with van der Waals surface area (Å²) in [5.41, 5.74) is 0. The van der Waals surface area contributed by atoms with Crippen LogP contribution in [0.15, 0.2) is 23.7 Å². The fourth-order valence-electron chi connectivity index (χ4n) is 0.572. The average molecular weight is 305 g/mol. The van der Waals surface area contributed by atoms with Crippen LogP contribution in [0.2, 0.25) is 0 Å². The number of carbonyl (C=O) groups is 2. The third-order valence-electron chi connectivity index (χ3n) is 0.813. The van der Waals surface area contributed by atoms with Gasteiger partial charge in [0.2, 0.25) is 0 Å². The van der Waals surface area contributed by atoms with Crippen LogP contribution >= 0.6 is 0 Å². The molecule has 0 unspecified atom stereocenters. The first-order valence-electron chi connectivity index (χ1n) is 3.97. The standard InChI is InChI=1S/2C5H8O2.Pd/c2*1-4(6)3-5(2)7;/h2*3,6H,1-2H3;/q;;+2/p-2/b4-3+;4-3-;. The number of hydrogen-bond donors (Lipinski definition) is 0. The maximum atomic E-state index is 9.98. The van der Waals surface area contributed by atoms with Crippen molar-refractivity contribution in [3.05, 3.63) is 23.7 Å². The van der Waals surface area contributed by atoms with Crippen molar-refractivity contribution in [1.29, 1.82) is 0 Å². The Morgan fingerprint density at radius 3 is 1.00 bits per heavy atom. The summed E-state index contributed by atoms with van der Waals surface area (Å²) in [5.74, 6) is -0.750. The Labute approximate surface area is 103 Å². The monoisotopic (exact) mass is 304 g/mol. The fourth-order valence-corrected chi connectivity index (χ4v) is 0.572. The molecule has 0 N–H and O–H groups in total. The van der Waals surface area contributed by atoms with Gasteiger partial charge in [0, 0.05) is 0 Å². The van der Waals surface area contributed by atoms with Gasteiger partial charge in [0.05, 0.1) is 0 Å². The predicted octanol–water partition coefficient (Wildman–Crippen LogP) is -0.324. The van der Waals surface area contributed by atoms with Crippen LogP contribution in [0.4, 0.5) is 0 Å². The van der Waals surface area contributed by atoms with Gasteiger partial charge in [-0.15, -0.1) is 11.5 Å². The molecule has 0 aromatic heterocycles. The third kappa shape index (κ3) is 32.0. The molecule has 0 aliphatic heterocycles. The molecule has 0 rings (SSSR count). The second kappa shape index (κ2) is 11.2. The largest absolute Gasteiger partial charge is 2.00 e. The minimum absolute atomic E-state index is 0. The van der Waals surface area contributed by atoms with E-state index in [4.69, 9.17) is 0 Å². The molecular weight excluding hydrogens is 291 g/mol. The Bertz CT molecular complexity index is 231. The molecule has 0 aromatic rings. The quantitative estimate of drug-likeness (QED) is 0.398. The van der Waals surface area contributed by atoms with E-state index in [-0.39, 0.29) is 43.5 Å². The normalized spacial score (nSPS) is 10.7. The molecule has 15 heavy (non-hydrogen) atoms. The number of hydrogen-bond acceptors (Lipinski definition) is 4. The Morgan fingerprint density at radius 2 is 1.00 bits per heavy atom. The van der Waals surface area contributed by atoms with Gasteiger partial charge in [-0.25, -0.2) is 0 Å². The van der Waals surface area contributed by atoms with Gasteiger partial charge in [-0.2, -0.15) is 0 Å². The molecule has 0 aromatic carbocycles. The van der Waals surface area contributed by atoms with Crippen LogP contribution in [0.5, 0.6) is 0 Å². The number of allylic oxidation sites excluding steroid dienone is 4. The third-order valence-corrected chi connectivity index (χ3v) is 0.813. The van der Waals surface area contributed by atoms with Crippen molar-refractivity contribution in [2.24, 2.45) is 0 Å². The zero-order chi connectivity index (χ0) is 11.7. The van der Waals surface area contributed by atoms with E-state index in [1.165, 1.54) is 27.7 Å². The Balaban J connectivity index is -0.000000180. The Hall–Kier alpha value is -0.918. The molecular formula is C10H14O4Pd. The summed E-state index contributed by atoms with van der Waals surface area (Å²) in [6.45, 7) is 5.39. The fraction of sp³-hybridized carbons (Fsp3) is 0.400. The minimum atomic E-state index is -0.187. The van der Waals surface area contributed by atoms with Crippen LogP contribution in [0.1, 0.15) is 27.7 Å². The van der Waals surface area contributed by atoms with E-state index in [2.05, 4.69) is 0 Å². The van der Waals surface area contributed by atoms with Crippen molar-refractivity contribution in [3.8, 4) is 0 Å². The van der Waals surface area contributed by atoms with Gasteiger partial charge in [-0.3, -0.25) is 9.59 Å². The molecule has 0 heterocycles. The molecule has 5 heteroatoms. The first kappa shape index (κ1) is 19.6. The number of carbonyl (C=O) groups excluding carboxylic acids is 2. The van der Waals surface area contributed by atoms with Crippen LogP contribution in [-0.2, 0) is 30.0 Å². The first-order valence-corrected chi connectivity index (χ1v) is 3.97. The van der Waals surface area contributed by atoms with Crippen molar-refractivity contribution >= 4 is 11.6 Å². The molecule has 0 radical (unpaired) electrons. The van der Waals surface area contributed by atoms with Gasteiger partial charge in [0.15, 0.2) is 11.6 Å². The first-order chi connectivity index (χ1) is 6.25. The Morgan fingerprint density at radius 1 is 0.800 bits per heavy atom. The average Bonchev–Trinajstić information content (AvgIpc) is 1.79. The Kier molecular flexibility index (Phi) is 14.6. The smallest absolute Gasteiger partial charge is 0.876 e. The van der Waals surface area contributed by atoms with Crippen LogP contribution in [0.3, 0.4) is 0 Å². The van der Waals surface area contributed by atoms with E-state index in [9.17, 15) is 19.8 Å².